The molecule has 104 valence electrons. The zero-order valence-corrected chi connectivity index (χ0v) is 11.8. The van der Waals surface area contributed by atoms with Gasteiger partial charge in [-0.05, 0) is 44.1 Å². The van der Waals surface area contributed by atoms with E-state index in [-0.39, 0.29) is 30.4 Å². The Bertz CT molecular complexity index is 328. The van der Waals surface area contributed by atoms with Crippen LogP contribution in [0.2, 0.25) is 0 Å². The predicted molar refractivity (Wildman–Crippen MR) is 68.1 cm³/mol. The van der Waals surface area contributed by atoms with Crippen molar-refractivity contribution in [3.8, 4) is 0 Å². The summed E-state index contributed by atoms with van der Waals surface area (Å²) in [5.41, 5.74) is 0. The highest BCUT2D eigenvalue weighted by atomic mass is 35.5. The number of carbonyl (C=O) groups is 1. The lowest BCUT2D eigenvalue weighted by Gasteiger charge is -2.42. The van der Waals surface area contributed by atoms with Crippen molar-refractivity contribution in [1.82, 2.24) is 5.32 Å². The number of aliphatic carboxylic acids is 1. The second-order valence-corrected chi connectivity index (χ2v) is 6.21. The molecule has 0 aromatic heterocycles. The minimum absolute atomic E-state index is 0. The number of nitrogens with one attached hydrogen (secondary N) is 1. The minimum Gasteiger partial charge on any atom is -0.596 e. The third kappa shape index (κ3) is 3.64. The number of hydrogen-bond acceptors (Lipinski definition) is 4. The summed E-state index contributed by atoms with van der Waals surface area (Å²) in [6, 6.07) is -0.435. The SMILES string of the molecule is Cl.O=C(O)C1NCCC2CC(C[P+](=O)[O-])CCC21. The molecule has 0 amide bonds. The van der Waals surface area contributed by atoms with Gasteiger partial charge in [0.15, 0.2) is 0 Å². The van der Waals surface area contributed by atoms with Crippen molar-refractivity contribution in [2.24, 2.45) is 17.8 Å². The molecule has 5 nitrogen and oxygen atoms in total. The monoisotopic (exact) mass is 295 g/mol. The maximum Gasteiger partial charge on any atom is 0.320 e. The number of rotatable bonds is 3. The number of carboxylic acids is 1. The normalized spacial score (nSPS) is 36.2. The van der Waals surface area contributed by atoms with Gasteiger partial charge in [0, 0.05) is 5.92 Å². The summed E-state index contributed by atoms with van der Waals surface area (Å²) in [6.45, 7) is 0.731. The van der Waals surface area contributed by atoms with Crippen LogP contribution < -0.4 is 10.2 Å². The fourth-order valence-electron chi connectivity index (χ4n) is 3.38. The van der Waals surface area contributed by atoms with E-state index >= 15 is 0 Å². The van der Waals surface area contributed by atoms with Crippen LogP contribution in [0.1, 0.15) is 25.7 Å². The fraction of sp³-hybridized carbons (Fsp3) is 0.909. The van der Waals surface area contributed by atoms with Gasteiger partial charge in [0.05, 0.1) is 0 Å². The van der Waals surface area contributed by atoms with Crippen molar-refractivity contribution in [2.45, 2.75) is 31.7 Å². The third-order valence-corrected chi connectivity index (χ3v) is 4.95. The van der Waals surface area contributed by atoms with Gasteiger partial charge in [0.1, 0.15) is 12.2 Å². The van der Waals surface area contributed by atoms with Gasteiger partial charge in [-0.25, -0.2) is 0 Å². The summed E-state index contributed by atoms with van der Waals surface area (Å²) < 4.78 is 10.7. The molecular formula is C11H19ClNO4P. The van der Waals surface area contributed by atoms with E-state index in [2.05, 4.69) is 5.32 Å². The Morgan fingerprint density at radius 1 is 1.39 bits per heavy atom. The second kappa shape index (κ2) is 6.80. The molecule has 5 atom stereocenters. The van der Waals surface area contributed by atoms with Crippen LogP contribution in [0.25, 0.3) is 0 Å². The summed E-state index contributed by atoms with van der Waals surface area (Å²) in [7, 11) is -2.30. The lowest BCUT2D eigenvalue weighted by Crippen LogP contribution is -2.52. The molecule has 18 heavy (non-hydrogen) atoms. The van der Waals surface area contributed by atoms with E-state index < -0.39 is 20.0 Å². The first-order chi connectivity index (χ1) is 8.08. The van der Waals surface area contributed by atoms with Crippen LogP contribution >= 0.6 is 20.4 Å². The van der Waals surface area contributed by atoms with Crippen LogP contribution in [0.15, 0.2) is 0 Å². The Balaban J connectivity index is 0.00000162. The third-order valence-electron chi connectivity index (χ3n) is 4.13. The first-order valence-corrected chi connectivity index (χ1v) is 7.52. The molecule has 1 heterocycles. The molecule has 5 unspecified atom stereocenters. The summed E-state index contributed by atoms with van der Waals surface area (Å²) in [6.07, 6.45) is 3.79. The van der Waals surface area contributed by atoms with Crippen molar-refractivity contribution in [2.75, 3.05) is 12.7 Å². The molecule has 7 heteroatoms. The number of fused-ring (bicyclic) bond motifs is 1. The van der Waals surface area contributed by atoms with Crippen LogP contribution in [0.5, 0.6) is 0 Å². The summed E-state index contributed by atoms with van der Waals surface area (Å²) in [4.78, 5) is 21.8. The molecular weight excluding hydrogens is 277 g/mol. The van der Waals surface area contributed by atoms with Gasteiger partial charge in [-0.1, -0.05) is 4.57 Å². The van der Waals surface area contributed by atoms with Gasteiger partial charge in [-0.2, -0.15) is 0 Å². The van der Waals surface area contributed by atoms with E-state index in [0.29, 0.717) is 5.92 Å². The predicted octanol–water partition coefficient (Wildman–Crippen LogP) is 0.990. The largest absolute Gasteiger partial charge is 0.596 e. The van der Waals surface area contributed by atoms with E-state index in [0.717, 1.165) is 32.2 Å². The van der Waals surface area contributed by atoms with E-state index in [1.807, 2.05) is 0 Å². The lowest BCUT2D eigenvalue weighted by molar-refractivity contribution is -0.165. The summed E-state index contributed by atoms with van der Waals surface area (Å²) in [5.74, 6) is 0.0334. The Morgan fingerprint density at radius 3 is 2.72 bits per heavy atom. The second-order valence-electron chi connectivity index (χ2n) is 5.18. The van der Waals surface area contributed by atoms with Crippen molar-refractivity contribution in [3.05, 3.63) is 0 Å². The highest BCUT2D eigenvalue weighted by molar-refractivity contribution is 7.36. The molecule has 0 spiro atoms. The molecule has 0 aromatic rings. The average molecular weight is 296 g/mol. The number of hydrogen-bond donors (Lipinski definition) is 2. The van der Waals surface area contributed by atoms with Crippen molar-refractivity contribution in [1.29, 1.82) is 0 Å². The van der Waals surface area contributed by atoms with Crippen molar-refractivity contribution < 1.29 is 19.4 Å². The minimum atomic E-state index is -2.30. The van der Waals surface area contributed by atoms with Crippen LogP contribution in [-0.2, 0) is 9.36 Å². The van der Waals surface area contributed by atoms with Crippen LogP contribution in [0.4, 0.5) is 0 Å². The van der Waals surface area contributed by atoms with Crippen LogP contribution in [-0.4, -0.2) is 29.8 Å². The molecule has 1 saturated heterocycles. The molecule has 0 bridgehead atoms. The van der Waals surface area contributed by atoms with E-state index in [4.69, 9.17) is 5.11 Å². The zero-order valence-electron chi connectivity index (χ0n) is 10.1. The summed E-state index contributed by atoms with van der Waals surface area (Å²) >= 11 is 0. The lowest BCUT2D eigenvalue weighted by atomic mass is 9.68. The van der Waals surface area contributed by atoms with E-state index in [1.54, 1.807) is 0 Å². The highest BCUT2D eigenvalue weighted by Gasteiger charge is 2.41. The average Bonchev–Trinajstić information content (AvgIpc) is 2.26. The molecule has 2 N–H and O–H groups in total. The number of piperidine rings is 1. The first-order valence-electron chi connectivity index (χ1n) is 6.16. The highest BCUT2D eigenvalue weighted by Crippen LogP contribution is 2.41. The molecule has 2 aliphatic rings. The maximum atomic E-state index is 11.1. The molecule has 0 radical (unpaired) electrons. The van der Waals surface area contributed by atoms with Gasteiger partial charge in [-0.3, -0.25) is 4.79 Å². The van der Waals surface area contributed by atoms with Gasteiger partial charge >= 0.3 is 14.0 Å². The van der Waals surface area contributed by atoms with E-state index in [1.165, 1.54) is 0 Å². The van der Waals surface area contributed by atoms with Crippen molar-refractivity contribution >= 4 is 26.4 Å². The Kier molecular flexibility index (Phi) is 5.99. The molecule has 2 rings (SSSR count). The quantitative estimate of drug-likeness (QED) is 0.758. The van der Waals surface area contributed by atoms with Gasteiger partial charge in [0.2, 0.25) is 0 Å². The molecule has 1 saturated carbocycles. The van der Waals surface area contributed by atoms with E-state index in [9.17, 15) is 14.3 Å². The Hall–Kier alpha value is -0.220. The smallest absolute Gasteiger partial charge is 0.320 e. The molecule has 1 aliphatic carbocycles. The first kappa shape index (κ1) is 15.8. The van der Waals surface area contributed by atoms with Crippen LogP contribution in [0.3, 0.4) is 0 Å². The zero-order chi connectivity index (χ0) is 12.4. The van der Waals surface area contributed by atoms with Gasteiger partial charge < -0.3 is 15.3 Å². The Labute approximate surface area is 114 Å². The molecule has 1 aliphatic heterocycles. The topological polar surface area (TPSA) is 89.5 Å². The summed E-state index contributed by atoms with van der Waals surface area (Å²) in [5, 5.41) is 12.2. The van der Waals surface area contributed by atoms with Crippen LogP contribution in [0, 0.1) is 17.8 Å². The standard InChI is InChI=1S/C11H18NO4P.ClH/c13-11(14)10-9-2-1-7(6-17(15)16)5-8(9)3-4-12-10;/h7-10,12H,1-6H2,(H,13,14);1H. The number of halogens is 1. The van der Waals surface area contributed by atoms with Crippen molar-refractivity contribution in [3.63, 3.8) is 0 Å². The maximum absolute atomic E-state index is 11.1. The molecule has 0 aromatic carbocycles. The number of carboxylic acid groups (broad SMARTS) is 1. The fourth-order valence-corrected chi connectivity index (χ4v) is 4.13. The Morgan fingerprint density at radius 2 is 2.11 bits per heavy atom. The van der Waals surface area contributed by atoms with Gasteiger partial charge in [0.25, 0.3) is 0 Å². The molecule has 2 fully saturated rings. The van der Waals surface area contributed by atoms with Gasteiger partial charge in [-0.15, -0.1) is 12.4 Å².